The van der Waals surface area contributed by atoms with Crippen molar-refractivity contribution in [2.75, 3.05) is 11.9 Å². The highest BCUT2D eigenvalue weighted by atomic mass is 35.5. The third kappa shape index (κ3) is 5.50. The minimum absolute atomic E-state index is 0. The second-order valence-electron chi connectivity index (χ2n) is 6.22. The molecule has 0 unspecified atom stereocenters. The van der Waals surface area contributed by atoms with Gasteiger partial charge in [-0.05, 0) is 62.1 Å². The Kier molecular flexibility index (Phi) is 7.27. The molecule has 1 aromatic carbocycles. The van der Waals surface area contributed by atoms with Crippen LogP contribution in [-0.4, -0.2) is 21.5 Å². The van der Waals surface area contributed by atoms with Gasteiger partial charge in [-0.25, -0.2) is 15.0 Å². The van der Waals surface area contributed by atoms with E-state index in [-0.39, 0.29) is 18.2 Å². The van der Waals surface area contributed by atoms with Gasteiger partial charge in [-0.2, -0.15) is 5.26 Å². The molecule has 0 amide bonds. The Balaban J connectivity index is 0.00000261. The predicted octanol–water partition coefficient (Wildman–Crippen LogP) is 4.49. The topological polar surface area (TPSA) is 74.5 Å². The van der Waals surface area contributed by atoms with Crippen LogP contribution >= 0.6 is 12.4 Å². The molecule has 6 heteroatoms. The lowest BCUT2D eigenvalue weighted by Gasteiger charge is -2.08. The average Bonchev–Trinajstić information content (AvgIpc) is 2.68. The largest absolute Gasteiger partial charge is 0.370 e. The zero-order valence-corrected chi connectivity index (χ0v) is 16.3. The first-order valence-electron chi connectivity index (χ1n) is 8.66. The highest BCUT2D eigenvalue weighted by Crippen LogP contribution is 2.21. The van der Waals surface area contributed by atoms with Gasteiger partial charge >= 0.3 is 0 Å². The fourth-order valence-electron chi connectivity index (χ4n) is 2.68. The van der Waals surface area contributed by atoms with Crippen molar-refractivity contribution in [1.29, 1.82) is 5.26 Å². The number of pyridine rings is 1. The van der Waals surface area contributed by atoms with E-state index in [2.05, 4.69) is 52.3 Å². The molecule has 0 aliphatic carbocycles. The van der Waals surface area contributed by atoms with Crippen LogP contribution < -0.4 is 5.32 Å². The maximum Gasteiger partial charge on any atom is 0.232 e. The van der Waals surface area contributed by atoms with Crippen LogP contribution in [0.2, 0.25) is 0 Å². The number of anilines is 1. The Morgan fingerprint density at radius 1 is 1.04 bits per heavy atom. The van der Waals surface area contributed by atoms with E-state index in [1.165, 1.54) is 11.1 Å². The van der Waals surface area contributed by atoms with Gasteiger partial charge in [0.15, 0.2) is 0 Å². The number of benzene rings is 1. The van der Waals surface area contributed by atoms with Crippen molar-refractivity contribution >= 4 is 18.2 Å². The summed E-state index contributed by atoms with van der Waals surface area (Å²) in [5.74, 6) is 1.08. The van der Waals surface area contributed by atoms with Crippen molar-refractivity contribution < 1.29 is 0 Å². The van der Waals surface area contributed by atoms with Gasteiger partial charge in [0.25, 0.3) is 0 Å². The number of nitriles is 1. The van der Waals surface area contributed by atoms with E-state index in [1.54, 1.807) is 6.20 Å². The van der Waals surface area contributed by atoms with Crippen LogP contribution in [0.3, 0.4) is 0 Å². The minimum atomic E-state index is 0. The van der Waals surface area contributed by atoms with Gasteiger partial charge in [0.1, 0.15) is 11.9 Å². The molecule has 2 heterocycles. The molecule has 0 aliphatic heterocycles. The molecule has 0 aliphatic rings. The Morgan fingerprint density at radius 2 is 1.89 bits per heavy atom. The number of aryl methyl sites for hydroxylation is 3. The molecule has 1 N–H and O–H groups in total. The molecule has 0 fully saturated rings. The normalized spacial score (nSPS) is 9.96. The van der Waals surface area contributed by atoms with Crippen LogP contribution in [0, 0.1) is 25.2 Å². The Morgan fingerprint density at radius 3 is 2.59 bits per heavy atom. The van der Waals surface area contributed by atoms with E-state index < -0.39 is 0 Å². The van der Waals surface area contributed by atoms with Gasteiger partial charge in [-0.15, -0.1) is 12.4 Å². The molecule has 0 saturated heterocycles. The van der Waals surface area contributed by atoms with Gasteiger partial charge in [0.2, 0.25) is 5.82 Å². The lowest BCUT2D eigenvalue weighted by atomic mass is 10.0. The zero-order valence-electron chi connectivity index (χ0n) is 15.4. The number of hydrogen-bond acceptors (Lipinski definition) is 5. The summed E-state index contributed by atoms with van der Waals surface area (Å²) < 4.78 is 0. The van der Waals surface area contributed by atoms with E-state index >= 15 is 0 Å². The van der Waals surface area contributed by atoms with Crippen molar-refractivity contribution in [2.24, 2.45) is 0 Å². The fraction of sp³-hybridized carbons (Fsp3) is 0.238. The molecule has 5 nitrogen and oxygen atoms in total. The highest BCUT2D eigenvalue weighted by Gasteiger charge is 2.08. The number of hydrogen-bond donors (Lipinski definition) is 1. The quantitative estimate of drug-likeness (QED) is 0.638. The maximum absolute atomic E-state index is 9.26. The van der Waals surface area contributed by atoms with E-state index in [9.17, 15) is 5.26 Å². The standard InChI is InChI=1S/C21H21N5.ClH/c1-15-8-9-17(12-16(15)2)19-13-18(25-21(14-22)26-19)6-5-11-24-20-7-3-4-10-23-20;/h3-4,7-10,12-13H,5-6,11H2,1-2H3,(H,23,24);1H. The molecule has 27 heavy (non-hydrogen) atoms. The van der Waals surface area contributed by atoms with Gasteiger partial charge in [0.05, 0.1) is 5.69 Å². The monoisotopic (exact) mass is 379 g/mol. The van der Waals surface area contributed by atoms with Gasteiger partial charge in [-0.1, -0.05) is 18.2 Å². The summed E-state index contributed by atoms with van der Waals surface area (Å²) in [6.07, 6.45) is 3.43. The molecular weight excluding hydrogens is 358 g/mol. The molecule has 0 spiro atoms. The number of aromatic nitrogens is 3. The van der Waals surface area contributed by atoms with Crippen LogP contribution in [-0.2, 0) is 6.42 Å². The van der Waals surface area contributed by atoms with Gasteiger partial charge < -0.3 is 5.32 Å². The predicted molar refractivity (Wildman–Crippen MR) is 110 cm³/mol. The minimum Gasteiger partial charge on any atom is -0.370 e. The molecule has 2 aromatic heterocycles. The smallest absolute Gasteiger partial charge is 0.232 e. The van der Waals surface area contributed by atoms with Gasteiger partial charge in [-0.3, -0.25) is 0 Å². The first-order chi connectivity index (χ1) is 12.7. The second-order valence-corrected chi connectivity index (χ2v) is 6.22. The first kappa shape index (κ1) is 20.3. The number of nitrogens with one attached hydrogen (secondary N) is 1. The third-order valence-corrected chi connectivity index (χ3v) is 4.26. The highest BCUT2D eigenvalue weighted by molar-refractivity contribution is 5.85. The molecule has 138 valence electrons. The number of rotatable bonds is 6. The average molecular weight is 380 g/mol. The van der Waals surface area contributed by atoms with E-state index in [4.69, 9.17) is 0 Å². The van der Waals surface area contributed by atoms with Crippen LogP contribution in [0.15, 0.2) is 48.7 Å². The van der Waals surface area contributed by atoms with Crippen molar-refractivity contribution in [2.45, 2.75) is 26.7 Å². The van der Waals surface area contributed by atoms with Crippen molar-refractivity contribution in [3.8, 4) is 17.3 Å². The molecule has 3 rings (SSSR count). The zero-order chi connectivity index (χ0) is 18.4. The summed E-state index contributed by atoms with van der Waals surface area (Å²) in [4.78, 5) is 13.0. The second kappa shape index (κ2) is 9.65. The Labute approximate surface area is 165 Å². The number of nitrogens with zero attached hydrogens (tertiary/aromatic N) is 4. The summed E-state index contributed by atoms with van der Waals surface area (Å²) >= 11 is 0. The van der Waals surface area contributed by atoms with E-state index in [0.29, 0.717) is 0 Å². The summed E-state index contributed by atoms with van der Waals surface area (Å²) in [6.45, 7) is 4.96. The van der Waals surface area contributed by atoms with E-state index in [0.717, 1.165) is 42.2 Å². The lowest BCUT2D eigenvalue weighted by Crippen LogP contribution is -2.06. The van der Waals surface area contributed by atoms with Crippen molar-refractivity contribution in [1.82, 2.24) is 15.0 Å². The summed E-state index contributed by atoms with van der Waals surface area (Å²) in [5, 5.41) is 12.5. The third-order valence-electron chi connectivity index (χ3n) is 4.26. The maximum atomic E-state index is 9.26. The molecule has 0 radical (unpaired) electrons. The SMILES string of the molecule is Cc1ccc(-c2cc(CCCNc3ccccn3)nc(C#N)n2)cc1C.Cl. The number of halogens is 1. The van der Waals surface area contributed by atoms with Crippen LogP contribution in [0.25, 0.3) is 11.3 Å². The Hall–Kier alpha value is -2.97. The molecule has 3 aromatic rings. The summed E-state index contributed by atoms with van der Waals surface area (Å²) in [7, 11) is 0. The molecular formula is C21H22ClN5. The summed E-state index contributed by atoms with van der Waals surface area (Å²) in [6, 6.07) is 16.1. The fourth-order valence-corrected chi connectivity index (χ4v) is 2.68. The van der Waals surface area contributed by atoms with Crippen molar-refractivity contribution in [3.63, 3.8) is 0 Å². The van der Waals surface area contributed by atoms with Crippen LogP contribution in [0.5, 0.6) is 0 Å². The molecule has 0 atom stereocenters. The molecule has 0 bridgehead atoms. The van der Waals surface area contributed by atoms with E-state index in [1.807, 2.05) is 30.3 Å². The Bertz CT molecular complexity index is 935. The van der Waals surface area contributed by atoms with Crippen LogP contribution in [0.1, 0.15) is 29.1 Å². The van der Waals surface area contributed by atoms with Crippen molar-refractivity contribution in [3.05, 3.63) is 71.3 Å². The summed E-state index contributed by atoms with van der Waals surface area (Å²) in [5.41, 5.74) is 5.14. The van der Waals surface area contributed by atoms with Crippen LogP contribution in [0.4, 0.5) is 5.82 Å². The van der Waals surface area contributed by atoms with Gasteiger partial charge in [0, 0.05) is 24.0 Å². The lowest BCUT2D eigenvalue weighted by molar-refractivity contribution is 0.824. The first-order valence-corrected chi connectivity index (χ1v) is 8.66. The molecule has 0 saturated carbocycles.